The number of halogens is 1. The average Bonchev–Trinajstić information content (AvgIpc) is 3.19. The average molecular weight is 443 g/mol. The molecule has 1 amide bonds. The zero-order valence-electron chi connectivity index (χ0n) is 14.3. The van der Waals surface area contributed by atoms with Crippen LogP contribution in [-0.4, -0.2) is 18.1 Å². The summed E-state index contributed by atoms with van der Waals surface area (Å²) in [4.78, 5) is 24.8. The number of benzene rings is 2. The molecule has 0 aliphatic heterocycles. The molecule has 1 heterocycles. The molecule has 0 atom stereocenters. The standard InChI is InChI=1S/C20H15BrN2O3S/c1-13-4-6-14(7-5-13)20(25)26-17-9-8-16(21)11-15(17)12-22-23-19(24)18-3-2-10-27-18/h2-12H,1H3,(H,23,24)/b22-12-. The summed E-state index contributed by atoms with van der Waals surface area (Å²) in [7, 11) is 0. The number of nitrogens with zero attached hydrogens (tertiary/aromatic N) is 1. The summed E-state index contributed by atoms with van der Waals surface area (Å²) in [6.45, 7) is 1.95. The van der Waals surface area contributed by atoms with Crippen LogP contribution in [0.2, 0.25) is 0 Å². The molecule has 0 saturated heterocycles. The minimum atomic E-state index is -0.463. The Balaban J connectivity index is 1.74. The van der Waals surface area contributed by atoms with E-state index in [-0.39, 0.29) is 5.91 Å². The number of thiophene rings is 1. The first kappa shape index (κ1) is 19.0. The molecular weight excluding hydrogens is 428 g/mol. The third-order valence-corrected chi connectivity index (χ3v) is 4.94. The molecule has 27 heavy (non-hydrogen) atoms. The third kappa shape index (κ3) is 5.12. The van der Waals surface area contributed by atoms with Crippen molar-refractivity contribution in [2.24, 2.45) is 5.10 Å². The molecule has 0 saturated carbocycles. The summed E-state index contributed by atoms with van der Waals surface area (Å²) in [5.41, 5.74) is 4.52. The second kappa shape index (κ2) is 8.75. The maximum Gasteiger partial charge on any atom is 0.343 e. The fourth-order valence-corrected chi connectivity index (χ4v) is 3.18. The van der Waals surface area contributed by atoms with E-state index >= 15 is 0 Å². The van der Waals surface area contributed by atoms with E-state index in [1.165, 1.54) is 17.6 Å². The Morgan fingerprint density at radius 2 is 1.93 bits per heavy atom. The Labute approximate surface area is 168 Å². The number of amides is 1. The maximum absolute atomic E-state index is 12.4. The lowest BCUT2D eigenvalue weighted by molar-refractivity contribution is 0.0734. The Bertz CT molecular complexity index is 983. The molecule has 0 radical (unpaired) electrons. The lowest BCUT2D eigenvalue weighted by Gasteiger charge is -2.08. The van der Waals surface area contributed by atoms with Crippen molar-refractivity contribution in [3.05, 3.63) is 86.0 Å². The SMILES string of the molecule is Cc1ccc(C(=O)Oc2ccc(Br)cc2/C=N\NC(=O)c2cccs2)cc1. The van der Waals surface area contributed by atoms with Crippen molar-refractivity contribution in [3.63, 3.8) is 0 Å². The van der Waals surface area contributed by atoms with Crippen molar-refractivity contribution in [1.29, 1.82) is 0 Å². The van der Waals surface area contributed by atoms with Crippen molar-refractivity contribution in [2.75, 3.05) is 0 Å². The number of hydrogen-bond acceptors (Lipinski definition) is 5. The van der Waals surface area contributed by atoms with Gasteiger partial charge >= 0.3 is 5.97 Å². The molecule has 0 aliphatic carbocycles. The summed E-state index contributed by atoms with van der Waals surface area (Å²) >= 11 is 4.71. The second-order valence-corrected chi connectivity index (χ2v) is 7.48. The minimum Gasteiger partial charge on any atom is -0.422 e. The summed E-state index contributed by atoms with van der Waals surface area (Å²) in [5.74, 6) is -0.415. The highest BCUT2D eigenvalue weighted by Crippen LogP contribution is 2.23. The highest BCUT2D eigenvalue weighted by Gasteiger charge is 2.12. The topological polar surface area (TPSA) is 67.8 Å². The molecule has 0 spiro atoms. The van der Waals surface area contributed by atoms with Gasteiger partial charge < -0.3 is 4.74 Å². The van der Waals surface area contributed by atoms with Gasteiger partial charge in [0.25, 0.3) is 5.91 Å². The van der Waals surface area contributed by atoms with Crippen LogP contribution in [0.25, 0.3) is 0 Å². The van der Waals surface area contributed by atoms with Crippen LogP contribution >= 0.6 is 27.3 Å². The quantitative estimate of drug-likeness (QED) is 0.267. The zero-order chi connectivity index (χ0) is 19.2. The number of carbonyl (C=O) groups excluding carboxylic acids is 2. The number of nitrogens with one attached hydrogen (secondary N) is 1. The second-order valence-electron chi connectivity index (χ2n) is 5.61. The van der Waals surface area contributed by atoms with Crippen LogP contribution in [0.15, 0.2) is 69.6 Å². The van der Waals surface area contributed by atoms with Crippen LogP contribution in [-0.2, 0) is 0 Å². The van der Waals surface area contributed by atoms with E-state index in [4.69, 9.17) is 4.74 Å². The number of hydrogen-bond donors (Lipinski definition) is 1. The Kier molecular flexibility index (Phi) is 6.16. The number of esters is 1. The summed E-state index contributed by atoms with van der Waals surface area (Å²) < 4.78 is 6.29. The molecular formula is C20H15BrN2O3S. The van der Waals surface area contributed by atoms with Gasteiger partial charge in [-0.05, 0) is 48.7 Å². The van der Waals surface area contributed by atoms with Crippen molar-refractivity contribution in [2.45, 2.75) is 6.92 Å². The number of aryl methyl sites for hydroxylation is 1. The van der Waals surface area contributed by atoms with Crippen molar-refractivity contribution < 1.29 is 14.3 Å². The molecule has 1 aromatic heterocycles. The molecule has 3 aromatic rings. The van der Waals surface area contributed by atoms with Gasteiger partial charge in [-0.25, -0.2) is 10.2 Å². The third-order valence-electron chi connectivity index (χ3n) is 3.58. The lowest BCUT2D eigenvalue weighted by atomic mass is 10.1. The van der Waals surface area contributed by atoms with Crippen LogP contribution in [0.1, 0.15) is 31.2 Å². The van der Waals surface area contributed by atoms with Crippen LogP contribution in [0, 0.1) is 6.92 Å². The molecule has 0 aliphatic rings. The normalized spacial score (nSPS) is 10.7. The molecule has 1 N–H and O–H groups in total. The fourth-order valence-electron chi connectivity index (χ4n) is 2.18. The Morgan fingerprint density at radius 3 is 2.63 bits per heavy atom. The molecule has 2 aromatic carbocycles. The molecule has 7 heteroatoms. The van der Waals surface area contributed by atoms with Gasteiger partial charge in [0.2, 0.25) is 0 Å². The minimum absolute atomic E-state index is 0.297. The van der Waals surface area contributed by atoms with Crippen molar-refractivity contribution >= 4 is 45.4 Å². The largest absolute Gasteiger partial charge is 0.422 e. The van der Waals surface area contributed by atoms with Crippen LogP contribution < -0.4 is 10.2 Å². The summed E-state index contributed by atoms with van der Waals surface area (Å²) in [6, 6.07) is 15.8. The van der Waals surface area contributed by atoms with Crippen LogP contribution in [0.5, 0.6) is 5.75 Å². The van der Waals surface area contributed by atoms with E-state index < -0.39 is 5.97 Å². The van der Waals surface area contributed by atoms with Gasteiger partial charge in [-0.1, -0.05) is 39.7 Å². The predicted octanol–water partition coefficient (Wildman–Crippen LogP) is 4.80. The lowest BCUT2D eigenvalue weighted by Crippen LogP contribution is -2.16. The number of rotatable bonds is 5. The zero-order valence-corrected chi connectivity index (χ0v) is 16.7. The van der Waals surface area contributed by atoms with Gasteiger partial charge in [-0.15, -0.1) is 11.3 Å². The van der Waals surface area contributed by atoms with E-state index in [1.54, 1.807) is 42.5 Å². The maximum atomic E-state index is 12.4. The number of ether oxygens (including phenoxy) is 1. The monoisotopic (exact) mass is 442 g/mol. The molecule has 5 nitrogen and oxygen atoms in total. The van der Waals surface area contributed by atoms with Gasteiger partial charge in [0.05, 0.1) is 16.7 Å². The smallest absolute Gasteiger partial charge is 0.343 e. The Hall–Kier alpha value is -2.77. The van der Waals surface area contributed by atoms with Gasteiger partial charge in [0, 0.05) is 10.0 Å². The van der Waals surface area contributed by atoms with Crippen molar-refractivity contribution in [1.82, 2.24) is 5.43 Å². The van der Waals surface area contributed by atoms with Gasteiger partial charge in [0.15, 0.2) is 0 Å². The number of hydrazone groups is 1. The first-order valence-electron chi connectivity index (χ1n) is 7.98. The first-order valence-corrected chi connectivity index (χ1v) is 9.65. The number of carbonyl (C=O) groups is 2. The van der Waals surface area contributed by atoms with Crippen molar-refractivity contribution in [3.8, 4) is 5.75 Å². The molecule has 136 valence electrons. The highest BCUT2D eigenvalue weighted by molar-refractivity contribution is 9.10. The van der Waals surface area contributed by atoms with Gasteiger partial charge in [-0.3, -0.25) is 4.79 Å². The van der Waals surface area contributed by atoms with Gasteiger partial charge in [-0.2, -0.15) is 5.10 Å². The first-order chi connectivity index (χ1) is 13.0. The van der Waals surface area contributed by atoms with E-state index in [2.05, 4.69) is 26.5 Å². The predicted molar refractivity (Wildman–Crippen MR) is 110 cm³/mol. The van der Waals surface area contributed by atoms with E-state index in [9.17, 15) is 9.59 Å². The summed E-state index contributed by atoms with van der Waals surface area (Å²) in [6.07, 6.45) is 1.44. The van der Waals surface area contributed by atoms with Crippen LogP contribution in [0.4, 0.5) is 0 Å². The molecule has 3 rings (SSSR count). The van der Waals surface area contributed by atoms with Crippen LogP contribution in [0.3, 0.4) is 0 Å². The Morgan fingerprint density at radius 1 is 1.15 bits per heavy atom. The molecule has 0 unspecified atom stereocenters. The highest BCUT2D eigenvalue weighted by atomic mass is 79.9. The molecule has 0 fully saturated rings. The van der Waals surface area contributed by atoms with E-state index in [0.717, 1.165) is 10.0 Å². The fraction of sp³-hybridized carbons (Fsp3) is 0.0500. The van der Waals surface area contributed by atoms with Gasteiger partial charge in [0.1, 0.15) is 5.75 Å². The molecule has 0 bridgehead atoms. The summed E-state index contributed by atoms with van der Waals surface area (Å²) in [5, 5.41) is 5.78. The van der Waals surface area contributed by atoms with E-state index in [0.29, 0.717) is 21.8 Å². The van der Waals surface area contributed by atoms with E-state index in [1.807, 2.05) is 24.4 Å².